The number of fused-ring (bicyclic) bond motifs is 1. The van der Waals surface area contributed by atoms with Crippen LogP contribution in [0.1, 0.15) is 41.9 Å². The van der Waals surface area contributed by atoms with Crippen LogP contribution in [-0.2, 0) is 10.0 Å². The summed E-state index contributed by atoms with van der Waals surface area (Å²) in [4.78, 5) is 17.1. The van der Waals surface area contributed by atoms with Crippen molar-refractivity contribution in [3.8, 4) is 5.75 Å². The molecule has 164 valence electrons. The third-order valence-corrected chi connectivity index (χ3v) is 7.28. The maximum Gasteiger partial charge on any atom is 0.255 e. The zero-order chi connectivity index (χ0) is 22.0. The molecular formula is C22H25N3O5S. The maximum atomic E-state index is 13.3. The summed E-state index contributed by atoms with van der Waals surface area (Å²) in [6.45, 7) is 2.69. The topological polar surface area (TPSA) is 102 Å². The molecule has 0 aliphatic carbocycles. The molecule has 0 atom stereocenters. The molecule has 3 aromatic rings. The predicted octanol–water partition coefficient (Wildman–Crippen LogP) is 3.96. The first kappa shape index (κ1) is 21.3. The lowest BCUT2D eigenvalue weighted by Crippen LogP contribution is -2.32. The maximum absolute atomic E-state index is 13.3. The fourth-order valence-corrected chi connectivity index (χ4v) is 5.46. The smallest absolute Gasteiger partial charge is 0.255 e. The molecule has 1 fully saturated rings. The van der Waals surface area contributed by atoms with Gasteiger partial charge in [-0.3, -0.25) is 4.79 Å². The van der Waals surface area contributed by atoms with E-state index in [9.17, 15) is 13.2 Å². The predicted molar refractivity (Wildman–Crippen MR) is 117 cm³/mol. The molecule has 31 heavy (non-hydrogen) atoms. The number of carbonyl (C=O) groups is 1. The van der Waals surface area contributed by atoms with Crippen LogP contribution in [0.15, 0.2) is 45.7 Å². The number of benzene rings is 2. The van der Waals surface area contributed by atoms with E-state index in [4.69, 9.17) is 9.15 Å². The molecule has 1 amide bonds. The van der Waals surface area contributed by atoms with Crippen LogP contribution in [0.5, 0.6) is 5.75 Å². The van der Waals surface area contributed by atoms with E-state index >= 15 is 0 Å². The number of nitrogens with one attached hydrogen (secondary N) is 1. The molecule has 9 heteroatoms. The van der Waals surface area contributed by atoms with E-state index in [1.165, 1.54) is 23.5 Å². The van der Waals surface area contributed by atoms with E-state index in [2.05, 4.69) is 10.3 Å². The number of rotatable bonds is 5. The Morgan fingerprint density at radius 2 is 1.84 bits per heavy atom. The highest BCUT2D eigenvalue weighted by molar-refractivity contribution is 7.89. The highest BCUT2D eigenvalue weighted by atomic mass is 32.2. The lowest BCUT2D eigenvalue weighted by Gasteiger charge is -2.21. The van der Waals surface area contributed by atoms with E-state index in [1.807, 2.05) is 0 Å². The van der Waals surface area contributed by atoms with Crippen molar-refractivity contribution in [2.75, 3.05) is 25.5 Å². The molecule has 1 aliphatic heterocycles. The Bertz CT molecular complexity index is 1210. The van der Waals surface area contributed by atoms with Gasteiger partial charge in [0.15, 0.2) is 11.5 Å². The van der Waals surface area contributed by atoms with E-state index < -0.39 is 15.9 Å². The van der Waals surface area contributed by atoms with Gasteiger partial charge in [-0.05, 0) is 49.2 Å². The summed E-state index contributed by atoms with van der Waals surface area (Å²) in [5.74, 6) is 0.340. The highest BCUT2D eigenvalue weighted by Crippen LogP contribution is 2.30. The van der Waals surface area contributed by atoms with Gasteiger partial charge in [0.25, 0.3) is 5.91 Å². The van der Waals surface area contributed by atoms with Crippen molar-refractivity contribution in [2.45, 2.75) is 37.5 Å². The van der Waals surface area contributed by atoms with Crippen LogP contribution in [0, 0.1) is 6.92 Å². The van der Waals surface area contributed by atoms with Gasteiger partial charge in [-0.15, -0.1) is 0 Å². The molecule has 0 unspecified atom stereocenters. The van der Waals surface area contributed by atoms with Crippen LogP contribution in [0.4, 0.5) is 5.69 Å². The zero-order valence-electron chi connectivity index (χ0n) is 17.6. The van der Waals surface area contributed by atoms with Gasteiger partial charge in [-0.2, -0.15) is 4.31 Å². The molecule has 1 aliphatic rings. The van der Waals surface area contributed by atoms with Crippen LogP contribution in [-0.4, -0.2) is 43.8 Å². The van der Waals surface area contributed by atoms with Crippen LogP contribution in [0.2, 0.25) is 0 Å². The fourth-order valence-electron chi connectivity index (χ4n) is 3.76. The first-order chi connectivity index (χ1) is 14.9. The molecule has 1 saturated heterocycles. The fraction of sp³-hybridized carbons (Fsp3) is 0.364. The molecule has 2 aromatic carbocycles. The van der Waals surface area contributed by atoms with Gasteiger partial charge in [-0.1, -0.05) is 12.8 Å². The van der Waals surface area contributed by atoms with Crippen molar-refractivity contribution in [3.05, 3.63) is 47.9 Å². The van der Waals surface area contributed by atoms with Gasteiger partial charge in [0, 0.05) is 31.3 Å². The van der Waals surface area contributed by atoms with Crippen LogP contribution in [0.25, 0.3) is 11.1 Å². The van der Waals surface area contributed by atoms with Gasteiger partial charge in [0.05, 0.1) is 7.11 Å². The number of methoxy groups -OCH3 is 1. The van der Waals surface area contributed by atoms with Crippen LogP contribution in [0.3, 0.4) is 0 Å². The Hall–Kier alpha value is -2.91. The molecule has 8 nitrogen and oxygen atoms in total. The van der Waals surface area contributed by atoms with Crippen molar-refractivity contribution < 1.29 is 22.4 Å². The minimum Gasteiger partial charge on any atom is -0.495 e. The number of nitrogens with zero attached hydrogens (tertiary/aromatic N) is 2. The van der Waals surface area contributed by atoms with Crippen molar-refractivity contribution >= 4 is 32.7 Å². The molecule has 2 heterocycles. The Morgan fingerprint density at radius 1 is 1.10 bits per heavy atom. The molecular weight excluding hydrogens is 418 g/mol. The quantitative estimate of drug-likeness (QED) is 0.640. The number of aromatic nitrogens is 1. The molecule has 1 aromatic heterocycles. The van der Waals surface area contributed by atoms with E-state index in [-0.39, 0.29) is 16.2 Å². The Kier molecular flexibility index (Phi) is 5.97. The van der Waals surface area contributed by atoms with Gasteiger partial charge < -0.3 is 14.5 Å². The number of amides is 1. The third kappa shape index (κ3) is 4.42. The summed E-state index contributed by atoms with van der Waals surface area (Å²) in [5.41, 5.74) is 2.03. The Labute approximate surface area is 181 Å². The van der Waals surface area contributed by atoms with Crippen molar-refractivity contribution in [1.29, 1.82) is 0 Å². The number of anilines is 1. The standard InChI is InChI=1S/C22H25N3O5S/c1-15-23-18-14-17(8-10-19(18)30-15)24-22(26)16-7-9-20(29-2)21(13-16)31(27,28)25-11-5-3-4-6-12-25/h7-10,13-14H,3-6,11-12H2,1-2H3,(H,24,26). The minimum absolute atomic E-state index is 0.00660. The molecule has 0 saturated carbocycles. The molecule has 4 rings (SSSR count). The number of carbonyl (C=O) groups excluding carboxylic acids is 1. The SMILES string of the molecule is COc1ccc(C(=O)Nc2ccc3oc(C)nc3c2)cc1S(=O)(=O)N1CCCCCC1. The number of aryl methyl sites for hydroxylation is 1. The summed E-state index contributed by atoms with van der Waals surface area (Å²) in [7, 11) is -2.35. The van der Waals surface area contributed by atoms with Crippen LogP contribution >= 0.6 is 0 Å². The number of oxazole rings is 1. The molecule has 0 radical (unpaired) electrons. The first-order valence-corrected chi connectivity index (χ1v) is 11.7. The summed E-state index contributed by atoms with van der Waals surface area (Å²) in [6, 6.07) is 9.60. The summed E-state index contributed by atoms with van der Waals surface area (Å²) >= 11 is 0. The largest absolute Gasteiger partial charge is 0.495 e. The second-order valence-corrected chi connectivity index (χ2v) is 9.46. The number of hydrogen-bond donors (Lipinski definition) is 1. The summed E-state index contributed by atoms with van der Waals surface area (Å²) in [5, 5.41) is 2.80. The minimum atomic E-state index is -3.78. The van der Waals surface area contributed by atoms with Crippen molar-refractivity contribution in [1.82, 2.24) is 9.29 Å². The molecule has 0 spiro atoms. The average Bonchev–Trinajstić information content (AvgIpc) is 2.93. The molecule has 1 N–H and O–H groups in total. The number of sulfonamides is 1. The summed E-state index contributed by atoms with van der Waals surface area (Å²) in [6.07, 6.45) is 3.68. The Balaban J connectivity index is 1.63. The monoisotopic (exact) mass is 443 g/mol. The van der Waals surface area contributed by atoms with Crippen LogP contribution < -0.4 is 10.1 Å². The van der Waals surface area contributed by atoms with Crippen molar-refractivity contribution in [2.24, 2.45) is 0 Å². The summed E-state index contributed by atoms with van der Waals surface area (Å²) < 4.78 is 38.8. The lowest BCUT2D eigenvalue weighted by molar-refractivity contribution is 0.102. The van der Waals surface area contributed by atoms with E-state index in [0.29, 0.717) is 35.8 Å². The van der Waals surface area contributed by atoms with E-state index in [0.717, 1.165) is 25.7 Å². The number of ether oxygens (including phenoxy) is 1. The zero-order valence-corrected chi connectivity index (χ0v) is 18.4. The molecule has 0 bridgehead atoms. The first-order valence-electron chi connectivity index (χ1n) is 10.3. The number of hydrogen-bond acceptors (Lipinski definition) is 6. The third-order valence-electron chi connectivity index (χ3n) is 5.36. The average molecular weight is 444 g/mol. The van der Waals surface area contributed by atoms with Gasteiger partial charge >= 0.3 is 0 Å². The normalized spacial score (nSPS) is 15.5. The van der Waals surface area contributed by atoms with Gasteiger partial charge in [0.1, 0.15) is 16.2 Å². The second-order valence-electron chi connectivity index (χ2n) is 7.55. The van der Waals surface area contributed by atoms with Gasteiger partial charge in [-0.25, -0.2) is 13.4 Å². The van der Waals surface area contributed by atoms with E-state index in [1.54, 1.807) is 31.2 Å². The second kappa shape index (κ2) is 8.68. The van der Waals surface area contributed by atoms with Gasteiger partial charge in [0.2, 0.25) is 10.0 Å². The van der Waals surface area contributed by atoms with Crippen molar-refractivity contribution in [3.63, 3.8) is 0 Å². The lowest BCUT2D eigenvalue weighted by atomic mass is 10.2. The highest BCUT2D eigenvalue weighted by Gasteiger charge is 2.29. The Morgan fingerprint density at radius 3 is 2.55 bits per heavy atom.